The molecule has 0 spiro atoms. The Kier molecular flexibility index (Phi) is 4.28. The van der Waals surface area contributed by atoms with E-state index < -0.39 is 0 Å². The summed E-state index contributed by atoms with van der Waals surface area (Å²) in [7, 11) is 0. The Hall–Kier alpha value is -0.427. The maximum absolute atomic E-state index is 10.7. The molecule has 0 atom stereocenters. The van der Waals surface area contributed by atoms with Crippen molar-refractivity contribution in [3.05, 3.63) is 29.8 Å². The minimum absolute atomic E-state index is 0. The molecule has 56 valence electrons. The van der Waals surface area contributed by atoms with E-state index in [2.05, 4.69) is 0 Å². The average Bonchev–Trinajstić information content (AvgIpc) is 1.88. The Morgan fingerprint density at radius 1 is 1.45 bits per heavy atom. The van der Waals surface area contributed by atoms with E-state index in [1.165, 1.54) is 19.1 Å². The minimum atomic E-state index is -0.0316. The smallest absolute Gasteiger partial charge is 0.159 e. The minimum Gasteiger partial charge on any atom is -0.508 e. The number of aromatic hydroxyl groups is 1. The summed E-state index contributed by atoms with van der Waals surface area (Å²) in [6.07, 6.45) is 0. The number of rotatable bonds is 1. The molecule has 1 N–H and O–H groups in total. The maximum Gasteiger partial charge on any atom is 0.159 e. The molecule has 3 heteroatoms. The first-order valence-electron chi connectivity index (χ1n) is 3.00. The van der Waals surface area contributed by atoms with Crippen LogP contribution in [0.4, 0.5) is 0 Å². The van der Waals surface area contributed by atoms with Gasteiger partial charge in [0.25, 0.3) is 0 Å². The third-order valence-electron chi connectivity index (χ3n) is 1.25. The molecule has 1 aromatic carbocycles. The number of carbonyl (C=O) groups excluding carboxylic acids is 1. The van der Waals surface area contributed by atoms with E-state index in [4.69, 9.17) is 5.11 Å². The second-order valence-corrected chi connectivity index (χ2v) is 2.11. The van der Waals surface area contributed by atoms with Crippen LogP contribution in [0.25, 0.3) is 0 Å². The number of hydrogen-bond donors (Lipinski definition) is 1. The predicted molar refractivity (Wildman–Crippen MR) is 38.1 cm³/mol. The zero-order valence-electron chi connectivity index (χ0n) is 6.16. The van der Waals surface area contributed by atoms with E-state index >= 15 is 0 Å². The second kappa shape index (κ2) is 4.45. The van der Waals surface area contributed by atoms with E-state index in [0.29, 0.717) is 5.56 Å². The zero-order chi connectivity index (χ0) is 7.56. The molecule has 0 bridgehead atoms. The SMILES string of the molecule is CC(=O)c1cccc(O)c1.[Zr]. The Bertz CT molecular complexity index is 258. The Labute approximate surface area is 84.4 Å². The molecule has 0 radical (unpaired) electrons. The Morgan fingerprint density at radius 2 is 2.09 bits per heavy atom. The number of Topliss-reactive ketones (excluding diaryl/α,β-unsaturated/α-hetero) is 1. The van der Waals surface area contributed by atoms with E-state index in [0.717, 1.165) is 0 Å². The summed E-state index contributed by atoms with van der Waals surface area (Å²) >= 11 is 0. The number of carbonyl (C=O) groups is 1. The van der Waals surface area contributed by atoms with Gasteiger partial charge in [-0.05, 0) is 19.1 Å². The molecule has 11 heavy (non-hydrogen) atoms. The molecule has 0 fully saturated rings. The molecule has 0 heterocycles. The van der Waals surface area contributed by atoms with Crippen molar-refractivity contribution in [3.8, 4) is 5.75 Å². The van der Waals surface area contributed by atoms with Crippen molar-refractivity contribution >= 4 is 5.78 Å². The van der Waals surface area contributed by atoms with Crippen LogP contribution in [-0.4, -0.2) is 10.9 Å². The molecule has 0 aliphatic heterocycles. The van der Waals surface area contributed by atoms with E-state index in [1.54, 1.807) is 12.1 Å². The van der Waals surface area contributed by atoms with Gasteiger partial charge in [-0.1, -0.05) is 12.1 Å². The van der Waals surface area contributed by atoms with Crippen molar-refractivity contribution in [1.29, 1.82) is 0 Å². The second-order valence-electron chi connectivity index (χ2n) is 2.11. The van der Waals surface area contributed by atoms with Gasteiger partial charge in [-0.2, -0.15) is 0 Å². The summed E-state index contributed by atoms with van der Waals surface area (Å²) < 4.78 is 0. The Morgan fingerprint density at radius 3 is 2.45 bits per heavy atom. The van der Waals surface area contributed by atoms with Crippen LogP contribution in [0.2, 0.25) is 0 Å². The molecule has 1 aromatic rings. The summed E-state index contributed by atoms with van der Waals surface area (Å²) in [6, 6.07) is 6.29. The molecule has 2 nitrogen and oxygen atoms in total. The number of hydrogen-bond acceptors (Lipinski definition) is 2. The third-order valence-corrected chi connectivity index (χ3v) is 1.25. The molecule has 0 saturated carbocycles. The summed E-state index contributed by atoms with van der Waals surface area (Å²) in [4.78, 5) is 10.7. The van der Waals surface area contributed by atoms with Crippen LogP contribution >= 0.6 is 0 Å². The maximum atomic E-state index is 10.7. The molecule has 1 rings (SSSR count). The van der Waals surface area contributed by atoms with Gasteiger partial charge in [0.15, 0.2) is 5.78 Å². The molecule has 0 aromatic heterocycles. The quantitative estimate of drug-likeness (QED) is 0.740. The van der Waals surface area contributed by atoms with Gasteiger partial charge in [0.1, 0.15) is 5.75 Å². The van der Waals surface area contributed by atoms with Crippen molar-refractivity contribution in [2.24, 2.45) is 0 Å². The summed E-state index contributed by atoms with van der Waals surface area (Å²) in [6.45, 7) is 1.47. The Balaban J connectivity index is 0.000001000. The molecule has 0 saturated heterocycles. The summed E-state index contributed by atoms with van der Waals surface area (Å²) in [5, 5.41) is 8.91. The molecule has 0 amide bonds. The average molecular weight is 227 g/mol. The van der Waals surface area contributed by atoms with E-state index in [9.17, 15) is 4.79 Å². The summed E-state index contributed by atoms with van der Waals surface area (Å²) in [5.74, 6) is 0.101. The van der Waals surface area contributed by atoms with Crippen LogP contribution in [0.15, 0.2) is 24.3 Å². The van der Waals surface area contributed by atoms with Crippen molar-refractivity contribution in [1.82, 2.24) is 0 Å². The largest absolute Gasteiger partial charge is 0.508 e. The van der Waals surface area contributed by atoms with E-state index in [1.807, 2.05) is 0 Å². The predicted octanol–water partition coefficient (Wildman–Crippen LogP) is 1.59. The standard InChI is InChI=1S/C8H8O2.Zr/c1-6(9)7-3-2-4-8(10)5-7;/h2-5,10H,1H3;. The number of ketones is 1. The van der Waals surface area contributed by atoms with Gasteiger partial charge in [-0.25, -0.2) is 0 Å². The van der Waals surface area contributed by atoms with Gasteiger partial charge in [-0.15, -0.1) is 0 Å². The van der Waals surface area contributed by atoms with E-state index in [-0.39, 0.29) is 37.7 Å². The first-order chi connectivity index (χ1) is 4.70. The van der Waals surface area contributed by atoms with Gasteiger partial charge in [0, 0.05) is 31.8 Å². The normalized spacial score (nSPS) is 8.45. The van der Waals surface area contributed by atoms with Crippen molar-refractivity contribution in [2.45, 2.75) is 6.92 Å². The fraction of sp³-hybridized carbons (Fsp3) is 0.125. The first kappa shape index (κ1) is 10.6. The van der Waals surface area contributed by atoms with Crippen LogP contribution in [0.5, 0.6) is 5.75 Å². The van der Waals surface area contributed by atoms with Gasteiger partial charge in [-0.3, -0.25) is 4.79 Å². The fourth-order valence-corrected chi connectivity index (χ4v) is 0.725. The molecule has 0 aliphatic rings. The molecule has 0 unspecified atom stereocenters. The number of phenols is 1. The van der Waals surface area contributed by atoms with Gasteiger partial charge in [0.2, 0.25) is 0 Å². The van der Waals surface area contributed by atoms with Crippen LogP contribution < -0.4 is 0 Å². The van der Waals surface area contributed by atoms with Crippen molar-refractivity contribution in [3.63, 3.8) is 0 Å². The zero-order valence-corrected chi connectivity index (χ0v) is 8.62. The fourth-order valence-electron chi connectivity index (χ4n) is 0.725. The van der Waals surface area contributed by atoms with Crippen molar-refractivity contribution in [2.75, 3.05) is 0 Å². The monoisotopic (exact) mass is 226 g/mol. The third kappa shape index (κ3) is 2.98. The van der Waals surface area contributed by atoms with Crippen LogP contribution in [-0.2, 0) is 26.2 Å². The van der Waals surface area contributed by atoms with Crippen LogP contribution in [0.1, 0.15) is 17.3 Å². The number of phenolic OH excluding ortho intramolecular Hbond substituents is 1. The van der Waals surface area contributed by atoms with Gasteiger partial charge < -0.3 is 5.11 Å². The molecular formula is C8H8O2Zr. The van der Waals surface area contributed by atoms with Crippen molar-refractivity contribution < 1.29 is 36.1 Å². The molecular weight excluding hydrogens is 219 g/mol. The topological polar surface area (TPSA) is 37.3 Å². The molecule has 0 aliphatic carbocycles. The van der Waals surface area contributed by atoms with Gasteiger partial charge >= 0.3 is 0 Å². The van der Waals surface area contributed by atoms with Gasteiger partial charge in [0.05, 0.1) is 0 Å². The first-order valence-corrected chi connectivity index (χ1v) is 3.00. The number of benzene rings is 1. The van der Waals surface area contributed by atoms with Crippen LogP contribution in [0.3, 0.4) is 0 Å². The summed E-state index contributed by atoms with van der Waals surface area (Å²) in [5.41, 5.74) is 0.542. The van der Waals surface area contributed by atoms with Crippen LogP contribution in [0, 0.1) is 0 Å².